The molecule has 0 fully saturated rings. The number of carbonyl (C=O) groups is 3. The Kier molecular flexibility index (Phi) is 11.9. The Morgan fingerprint density at radius 1 is 1.00 bits per heavy atom. The summed E-state index contributed by atoms with van der Waals surface area (Å²) in [5.41, 5.74) is 2.24. The van der Waals surface area contributed by atoms with Crippen molar-refractivity contribution in [2.24, 2.45) is 0 Å². The average Bonchev–Trinajstić information content (AvgIpc) is 2.84. The fourth-order valence-electron chi connectivity index (χ4n) is 4.25. The van der Waals surface area contributed by atoms with E-state index in [4.69, 9.17) is 14.2 Å². The number of ketones is 2. The monoisotopic (exact) mass is 522 g/mol. The standard InChI is InChI=1S/C28H34O8.Na.H/c1-4-8-21-23(12-10-20(17(2)29)27(21)31)34-13-6-5-7-14-35-26-16-25-19(15-22(26)18(3)30)9-11-24(36-25)28(32)33;;/h10,12,15-16,24,31H,4-9,11,13-14H2,1-3H3,(H,32,33);;/q;+1;-1. The largest absolute Gasteiger partial charge is 1.00 e. The molecular formula is C28H35NaO8. The van der Waals surface area contributed by atoms with Gasteiger partial charge in [0.25, 0.3) is 0 Å². The van der Waals surface area contributed by atoms with Crippen LogP contribution in [0.15, 0.2) is 24.3 Å². The summed E-state index contributed by atoms with van der Waals surface area (Å²) in [6, 6.07) is 6.69. The first kappa shape index (κ1) is 30.7. The molecule has 37 heavy (non-hydrogen) atoms. The summed E-state index contributed by atoms with van der Waals surface area (Å²) < 4.78 is 17.3. The fourth-order valence-corrected chi connectivity index (χ4v) is 4.25. The van der Waals surface area contributed by atoms with Crippen molar-refractivity contribution in [2.75, 3.05) is 13.2 Å². The molecule has 1 aliphatic heterocycles. The van der Waals surface area contributed by atoms with Crippen molar-refractivity contribution in [3.05, 3.63) is 46.5 Å². The van der Waals surface area contributed by atoms with Crippen molar-refractivity contribution in [3.63, 3.8) is 0 Å². The van der Waals surface area contributed by atoms with Crippen LogP contribution in [0.4, 0.5) is 0 Å². The second-order valence-electron chi connectivity index (χ2n) is 9.00. The van der Waals surface area contributed by atoms with Crippen molar-refractivity contribution < 1.29 is 69.8 Å². The van der Waals surface area contributed by atoms with Gasteiger partial charge >= 0.3 is 35.5 Å². The van der Waals surface area contributed by atoms with Crippen molar-refractivity contribution in [2.45, 2.75) is 71.8 Å². The Bertz CT molecular complexity index is 1130. The van der Waals surface area contributed by atoms with Gasteiger partial charge in [-0.3, -0.25) is 9.59 Å². The first-order chi connectivity index (χ1) is 17.2. The van der Waals surface area contributed by atoms with Crippen LogP contribution in [0.2, 0.25) is 0 Å². The minimum atomic E-state index is -1.01. The number of fused-ring (bicyclic) bond motifs is 1. The molecule has 2 aromatic rings. The number of unbranched alkanes of at least 4 members (excludes halogenated alkanes) is 2. The Morgan fingerprint density at radius 2 is 1.65 bits per heavy atom. The summed E-state index contributed by atoms with van der Waals surface area (Å²) in [4.78, 5) is 35.1. The van der Waals surface area contributed by atoms with E-state index in [2.05, 4.69) is 0 Å². The molecule has 0 aromatic heterocycles. The van der Waals surface area contributed by atoms with Gasteiger partial charge in [-0.1, -0.05) is 13.3 Å². The molecule has 0 amide bonds. The van der Waals surface area contributed by atoms with Crippen LogP contribution in [0.25, 0.3) is 0 Å². The zero-order chi connectivity index (χ0) is 26.2. The number of hydrogen-bond donors (Lipinski definition) is 2. The van der Waals surface area contributed by atoms with Crippen LogP contribution < -0.4 is 43.8 Å². The van der Waals surface area contributed by atoms with E-state index in [0.29, 0.717) is 66.4 Å². The summed E-state index contributed by atoms with van der Waals surface area (Å²) >= 11 is 0. The SMILES string of the molecule is CCCc1c(OCCCCCOc2cc3c(cc2C(C)=O)CCC(C(=O)O)O3)ccc(C(C)=O)c1O.[H-].[Na+]. The molecule has 196 valence electrons. The number of Topliss-reactive ketones (excluding diaryl/α,β-unsaturated/α-hetero) is 2. The number of phenols is 1. The number of phenolic OH excluding ortho intramolecular Hbond substituents is 1. The molecule has 9 heteroatoms. The van der Waals surface area contributed by atoms with Gasteiger partial charge < -0.3 is 25.9 Å². The number of aromatic hydroxyl groups is 1. The van der Waals surface area contributed by atoms with Crippen LogP contribution in [0.1, 0.15) is 86.1 Å². The van der Waals surface area contributed by atoms with Gasteiger partial charge in [0, 0.05) is 11.6 Å². The normalized spacial score (nSPS) is 14.1. The molecule has 1 heterocycles. The minimum Gasteiger partial charge on any atom is -1.00 e. The smallest absolute Gasteiger partial charge is 1.00 e. The summed E-state index contributed by atoms with van der Waals surface area (Å²) in [6.07, 6.45) is 3.74. The summed E-state index contributed by atoms with van der Waals surface area (Å²) in [5.74, 6) is 0.126. The van der Waals surface area contributed by atoms with E-state index in [1.54, 1.807) is 24.3 Å². The molecule has 2 N–H and O–H groups in total. The second-order valence-corrected chi connectivity index (χ2v) is 9.00. The van der Waals surface area contributed by atoms with Gasteiger partial charge in [0.05, 0.1) is 24.3 Å². The number of carboxylic acid groups (broad SMARTS) is 1. The second kappa shape index (κ2) is 14.4. The topological polar surface area (TPSA) is 119 Å². The molecule has 1 unspecified atom stereocenters. The quantitative estimate of drug-likeness (QED) is 0.234. The van der Waals surface area contributed by atoms with E-state index >= 15 is 0 Å². The minimum absolute atomic E-state index is 0. The molecule has 0 saturated carbocycles. The van der Waals surface area contributed by atoms with Crippen LogP contribution in [0.3, 0.4) is 0 Å². The number of carboxylic acids is 1. The van der Waals surface area contributed by atoms with E-state index in [-0.39, 0.29) is 48.3 Å². The van der Waals surface area contributed by atoms with Gasteiger partial charge in [-0.2, -0.15) is 0 Å². The predicted molar refractivity (Wildman–Crippen MR) is 135 cm³/mol. The van der Waals surface area contributed by atoms with Crippen LogP contribution in [0.5, 0.6) is 23.0 Å². The van der Waals surface area contributed by atoms with Crippen LogP contribution in [-0.2, 0) is 17.6 Å². The summed E-state index contributed by atoms with van der Waals surface area (Å²) in [6.45, 7) is 5.74. The molecule has 0 bridgehead atoms. The molecule has 0 spiro atoms. The third kappa shape index (κ3) is 7.97. The first-order valence-electron chi connectivity index (χ1n) is 12.4. The van der Waals surface area contributed by atoms with Gasteiger partial charge in [0.15, 0.2) is 17.7 Å². The number of carbonyl (C=O) groups excluding carboxylic acids is 2. The van der Waals surface area contributed by atoms with Crippen LogP contribution in [0, 0.1) is 0 Å². The maximum absolute atomic E-state index is 12.1. The molecule has 1 aliphatic rings. The Hall–Kier alpha value is -2.55. The molecule has 0 radical (unpaired) electrons. The number of rotatable bonds is 13. The van der Waals surface area contributed by atoms with Gasteiger partial charge in [0.2, 0.25) is 0 Å². The van der Waals surface area contributed by atoms with Gasteiger partial charge in [-0.25, -0.2) is 4.79 Å². The number of aryl methyl sites for hydroxylation is 1. The van der Waals surface area contributed by atoms with Crippen molar-refractivity contribution in [1.82, 2.24) is 0 Å². The van der Waals surface area contributed by atoms with Gasteiger partial charge in [-0.15, -0.1) is 0 Å². The number of benzene rings is 2. The van der Waals surface area contributed by atoms with Gasteiger partial charge in [0.1, 0.15) is 23.0 Å². The van der Waals surface area contributed by atoms with E-state index in [1.807, 2.05) is 6.92 Å². The van der Waals surface area contributed by atoms with Crippen LogP contribution in [-0.4, -0.2) is 47.1 Å². The molecular weight excluding hydrogens is 487 g/mol. The Morgan fingerprint density at radius 3 is 2.24 bits per heavy atom. The number of aliphatic carboxylic acids is 1. The van der Waals surface area contributed by atoms with E-state index in [1.165, 1.54) is 13.8 Å². The number of hydrogen-bond acceptors (Lipinski definition) is 7. The Balaban J connectivity index is 0.00000361. The third-order valence-corrected chi connectivity index (χ3v) is 6.19. The predicted octanol–water partition coefficient (Wildman–Crippen LogP) is 2.27. The van der Waals surface area contributed by atoms with E-state index in [9.17, 15) is 24.6 Å². The van der Waals surface area contributed by atoms with E-state index < -0.39 is 12.1 Å². The maximum atomic E-state index is 12.1. The number of ether oxygens (including phenoxy) is 3. The molecule has 2 aromatic carbocycles. The molecule has 1 atom stereocenters. The van der Waals surface area contributed by atoms with Crippen LogP contribution >= 0.6 is 0 Å². The Labute approximate surface area is 241 Å². The van der Waals surface area contributed by atoms with Gasteiger partial charge in [-0.05, 0) is 76.1 Å². The van der Waals surface area contributed by atoms with Crippen molar-refractivity contribution >= 4 is 17.5 Å². The van der Waals surface area contributed by atoms with Crippen molar-refractivity contribution in [3.8, 4) is 23.0 Å². The first-order valence-corrected chi connectivity index (χ1v) is 12.4. The molecule has 3 rings (SSSR count). The average molecular weight is 523 g/mol. The van der Waals surface area contributed by atoms with Crippen molar-refractivity contribution in [1.29, 1.82) is 0 Å². The third-order valence-electron chi connectivity index (χ3n) is 6.19. The summed E-state index contributed by atoms with van der Waals surface area (Å²) in [5, 5.41) is 19.7. The zero-order valence-corrected chi connectivity index (χ0v) is 24.1. The summed E-state index contributed by atoms with van der Waals surface area (Å²) in [7, 11) is 0. The van der Waals surface area contributed by atoms with E-state index in [0.717, 1.165) is 31.2 Å². The molecule has 0 aliphatic carbocycles. The molecule has 0 saturated heterocycles. The fraction of sp³-hybridized carbons (Fsp3) is 0.464. The molecule has 8 nitrogen and oxygen atoms in total. The maximum Gasteiger partial charge on any atom is 1.00 e. The zero-order valence-electron chi connectivity index (χ0n) is 23.1.